The molecule has 0 bridgehead atoms. The lowest BCUT2D eigenvalue weighted by Gasteiger charge is -2.34. The van der Waals surface area contributed by atoms with E-state index in [0.29, 0.717) is 6.42 Å². The van der Waals surface area contributed by atoms with Crippen molar-refractivity contribution in [1.82, 2.24) is 25.3 Å². The molecule has 1 aliphatic rings. The van der Waals surface area contributed by atoms with Crippen molar-refractivity contribution in [3.63, 3.8) is 0 Å². The van der Waals surface area contributed by atoms with Gasteiger partial charge in [-0.2, -0.15) is 0 Å². The van der Waals surface area contributed by atoms with Crippen molar-refractivity contribution in [2.45, 2.75) is 38.5 Å². The molecule has 6 heteroatoms. The minimum atomic E-state index is 0.213. The summed E-state index contributed by atoms with van der Waals surface area (Å²) in [4.78, 5) is 19.1. The fourth-order valence-corrected chi connectivity index (χ4v) is 3.21. The van der Waals surface area contributed by atoms with Crippen LogP contribution < -0.4 is 10.6 Å². The van der Waals surface area contributed by atoms with Crippen molar-refractivity contribution in [1.29, 1.82) is 0 Å². The number of amides is 1. The van der Waals surface area contributed by atoms with Crippen molar-refractivity contribution < 1.29 is 4.79 Å². The third-order valence-corrected chi connectivity index (χ3v) is 4.85. The third kappa shape index (κ3) is 12.3. The molecular formula is C19H41N5O. The third-order valence-electron chi connectivity index (χ3n) is 4.85. The number of hydrogen-bond donors (Lipinski definition) is 2. The average molecular weight is 356 g/mol. The van der Waals surface area contributed by atoms with E-state index in [-0.39, 0.29) is 5.91 Å². The Morgan fingerprint density at radius 3 is 2.04 bits per heavy atom. The van der Waals surface area contributed by atoms with Crippen LogP contribution in [-0.2, 0) is 4.79 Å². The van der Waals surface area contributed by atoms with Crippen LogP contribution in [0.1, 0.15) is 38.5 Å². The number of hydrogen-bond acceptors (Lipinski definition) is 5. The number of unbranched alkanes of at least 4 members (excludes halogenated alkanes) is 2. The summed E-state index contributed by atoms with van der Waals surface area (Å²) in [5.74, 6) is 0.213. The quantitative estimate of drug-likeness (QED) is 0.452. The second kappa shape index (κ2) is 14.5. The Balaban J connectivity index is 1.93. The van der Waals surface area contributed by atoms with Crippen molar-refractivity contribution in [3.8, 4) is 0 Å². The van der Waals surface area contributed by atoms with E-state index in [2.05, 4.69) is 39.4 Å². The maximum Gasteiger partial charge on any atom is 0.219 e. The molecule has 1 rings (SSSR count). The van der Waals surface area contributed by atoms with E-state index in [1.807, 2.05) is 7.05 Å². The molecule has 0 unspecified atom stereocenters. The molecule has 6 nitrogen and oxygen atoms in total. The highest BCUT2D eigenvalue weighted by atomic mass is 16.1. The van der Waals surface area contributed by atoms with Crippen molar-refractivity contribution in [3.05, 3.63) is 0 Å². The lowest BCUT2D eigenvalue weighted by atomic mass is 10.2. The van der Waals surface area contributed by atoms with Gasteiger partial charge in [0.1, 0.15) is 0 Å². The smallest absolute Gasteiger partial charge is 0.219 e. The van der Waals surface area contributed by atoms with E-state index in [0.717, 1.165) is 45.4 Å². The van der Waals surface area contributed by atoms with Gasteiger partial charge in [0, 0.05) is 39.1 Å². The van der Waals surface area contributed by atoms with Crippen molar-refractivity contribution in [2.75, 3.05) is 80.0 Å². The molecule has 148 valence electrons. The molecule has 1 aliphatic heterocycles. The van der Waals surface area contributed by atoms with Gasteiger partial charge in [-0.25, -0.2) is 0 Å². The zero-order valence-corrected chi connectivity index (χ0v) is 16.9. The van der Waals surface area contributed by atoms with Gasteiger partial charge >= 0.3 is 0 Å². The van der Waals surface area contributed by atoms with Gasteiger partial charge in [-0.15, -0.1) is 0 Å². The molecular weight excluding hydrogens is 314 g/mol. The van der Waals surface area contributed by atoms with E-state index in [1.165, 1.54) is 45.6 Å². The number of nitrogens with zero attached hydrogens (tertiary/aromatic N) is 3. The first-order valence-corrected chi connectivity index (χ1v) is 10.1. The van der Waals surface area contributed by atoms with Crippen LogP contribution in [0.5, 0.6) is 0 Å². The number of rotatable bonds is 14. The summed E-state index contributed by atoms with van der Waals surface area (Å²) in [6.45, 7) is 10.1. The number of carbonyl (C=O) groups is 1. The first-order chi connectivity index (χ1) is 12.1. The van der Waals surface area contributed by atoms with Crippen LogP contribution in [0.2, 0.25) is 0 Å². The monoisotopic (exact) mass is 355 g/mol. The van der Waals surface area contributed by atoms with E-state index in [9.17, 15) is 4.79 Å². The molecule has 1 heterocycles. The molecule has 0 atom stereocenters. The highest BCUT2D eigenvalue weighted by Gasteiger charge is 2.15. The number of carbonyl (C=O) groups excluding carboxylic acids is 1. The highest BCUT2D eigenvalue weighted by Crippen LogP contribution is 2.06. The summed E-state index contributed by atoms with van der Waals surface area (Å²) >= 11 is 0. The molecule has 0 aromatic rings. The lowest BCUT2D eigenvalue weighted by molar-refractivity contribution is -0.121. The number of piperazine rings is 1. The highest BCUT2D eigenvalue weighted by molar-refractivity contribution is 5.75. The van der Waals surface area contributed by atoms with Gasteiger partial charge in [0.15, 0.2) is 0 Å². The lowest BCUT2D eigenvalue weighted by Crippen LogP contribution is -2.46. The molecule has 25 heavy (non-hydrogen) atoms. The van der Waals surface area contributed by atoms with Crippen molar-refractivity contribution in [2.24, 2.45) is 0 Å². The maximum atomic E-state index is 11.8. The average Bonchev–Trinajstić information content (AvgIpc) is 2.60. The summed E-state index contributed by atoms with van der Waals surface area (Å²) < 4.78 is 0. The van der Waals surface area contributed by atoms with Crippen LogP contribution in [0.15, 0.2) is 0 Å². The van der Waals surface area contributed by atoms with Gasteiger partial charge in [-0.1, -0.05) is 0 Å². The summed E-state index contributed by atoms with van der Waals surface area (Å²) in [5.41, 5.74) is 0. The number of nitrogens with one attached hydrogen (secondary N) is 2. The van der Waals surface area contributed by atoms with Crippen molar-refractivity contribution >= 4 is 5.91 Å². The van der Waals surface area contributed by atoms with Crippen LogP contribution in [0.4, 0.5) is 0 Å². The van der Waals surface area contributed by atoms with E-state index < -0.39 is 0 Å². The SMILES string of the molecule is CNCCCCN1CCN(CCCCC(=O)NCCCN(C)C)CC1. The Morgan fingerprint density at radius 2 is 1.48 bits per heavy atom. The molecule has 0 aromatic carbocycles. The Kier molecular flexibility index (Phi) is 12.9. The molecule has 2 N–H and O–H groups in total. The normalized spacial score (nSPS) is 16.5. The van der Waals surface area contributed by atoms with Gasteiger partial charge in [0.05, 0.1) is 0 Å². The molecule has 1 saturated heterocycles. The summed E-state index contributed by atoms with van der Waals surface area (Å²) in [6.07, 6.45) is 6.40. The first-order valence-electron chi connectivity index (χ1n) is 10.1. The predicted octanol–water partition coefficient (Wildman–Crippen LogP) is 0.842. The van der Waals surface area contributed by atoms with Gasteiger partial charge in [0.25, 0.3) is 0 Å². The Morgan fingerprint density at radius 1 is 0.880 bits per heavy atom. The Hall–Kier alpha value is -0.690. The second-order valence-corrected chi connectivity index (χ2v) is 7.46. The minimum absolute atomic E-state index is 0.213. The topological polar surface area (TPSA) is 50.9 Å². The zero-order chi connectivity index (χ0) is 18.3. The van der Waals surface area contributed by atoms with Crippen LogP contribution in [-0.4, -0.2) is 101 Å². The molecule has 1 amide bonds. The van der Waals surface area contributed by atoms with Crippen LogP contribution in [0, 0.1) is 0 Å². The van der Waals surface area contributed by atoms with Gasteiger partial charge < -0.3 is 25.3 Å². The molecule has 0 aliphatic carbocycles. The summed E-state index contributed by atoms with van der Waals surface area (Å²) in [7, 11) is 6.14. The standard InChI is InChI=1S/C19H41N5O/c1-20-10-5-7-14-24-17-15-23(16-18-24)13-6-4-9-19(25)21-11-8-12-22(2)3/h20H,4-18H2,1-3H3,(H,21,25). The zero-order valence-electron chi connectivity index (χ0n) is 16.9. The van der Waals surface area contributed by atoms with Gasteiger partial charge in [0.2, 0.25) is 5.91 Å². The minimum Gasteiger partial charge on any atom is -0.356 e. The van der Waals surface area contributed by atoms with Gasteiger partial charge in [-0.3, -0.25) is 4.79 Å². The van der Waals surface area contributed by atoms with Gasteiger partial charge in [-0.05, 0) is 79.4 Å². The largest absolute Gasteiger partial charge is 0.356 e. The summed E-state index contributed by atoms with van der Waals surface area (Å²) in [5, 5.41) is 6.23. The van der Waals surface area contributed by atoms with E-state index in [4.69, 9.17) is 0 Å². The Labute approximate surface area is 155 Å². The molecule has 0 saturated carbocycles. The molecule has 1 fully saturated rings. The first kappa shape index (κ1) is 22.4. The fraction of sp³-hybridized carbons (Fsp3) is 0.947. The predicted molar refractivity (Wildman–Crippen MR) is 106 cm³/mol. The molecule has 0 spiro atoms. The summed E-state index contributed by atoms with van der Waals surface area (Å²) in [6, 6.07) is 0. The van der Waals surface area contributed by atoms with Crippen LogP contribution in [0.3, 0.4) is 0 Å². The molecule has 0 aromatic heterocycles. The second-order valence-electron chi connectivity index (χ2n) is 7.46. The van der Waals surface area contributed by atoms with Crippen LogP contribution in [0.25, 0.3) is 0 Å². The van der Waals surface area contributed by atoms with E-state index in [1.54, 1.807) is 0 Å². The fourth-order valence-electron chi connectivity index (χ4n) is 3.21. The Bertz CT molecular complexity index is 330. The van der Waals surface area contributed by atoms with E-state index >= 15 is 0 Å². The maximum absolute atomic E-state index is 11.8. The van der Waals surface area contributed by atoms with Crippen LogP contribution >= 0.6 is 0 Å². The molecule has 0 radical (unpaired) electrons.